The molecule has 8 heteroatoms. The molecule has 0 aliphatic carbocycles. The van der Waals surface area contributed by atoms with Gasteiger partial charge in [0.25, 0.3) is 5.69 Å². The van der Waals surface area contributed by atoms with Gasteiger partial charge in [0.15, 0.2) is 0 Å². The number of nitrogens with zero attached hydrogens (tertiary/aromatic N) is 2. The minimum Gasteiger partial charge on any atom is -0.453 e. The number of hydrogen-bond donors (Lipinski definition) is 1. The number of carbonyl (C=O) groups excluding carboxylic acids is 1. The van der Waals surface area contributed by atoms with Crippen LogP contribution in [0, 0.1) is 15.9 Å². The molecule has 1 aromatic carbocycles. The van der Waals surface area contributed by atoms with Crippen LogP contribution in [0.2, 0.25) is 0 Å². The maximum atomic E-state index is 13.0. The predicted octanol–water partition coefficient (Wildman–Crippen LogP) is 1.60. The van der Waals surface area contributed by atoms with Crippen molar-refractivity contribution in [3.05, 3.63) is 34.1 Å². The first-order valence-electron chi connectivity index (χ1n) is 5.54. The van der Waals surface area contributed by atoms with Gasteiger partial charge in [-0.15, -0.1) is 0 Å². The molecule has 2 rings (SSSR count). The van der Waals surface area contributed by atoms with E-state index in [1.165, 1.54) is 18.1 Å². The van der Waals surface area contributed by atoms with Crippen molar-refractivity contribution < 1.29 is 18.8 Å². The Kier molecular flexibility index (Phi) is 3.50. The molecule has 0 radical (unpaired) electrons. The molecule has 1 heterocycles. The van der Waals surface area contributed by atoms with Crippen LogP contribution < -0.4 is 5.32 Å². The molecule has 0 aromatic heterocycles. The molecule has 0 atom stereocenters. The van der Waals surface area contributed by atoms with E-state index in [0.29, 0.717) is 13.1 Å². The molecule has 0 saturated carbocycles. The minimum atomic E-state index is -0.665. The molecule has 1 aromatic rings. The summed E-state index contributed by atoms with van der Waals surface area (Å²) < 4.78 is 17.5. The van der Waals surface area contributed by atoms with Gasteiger partial charge in [0, 0.05) is 13.1 Å². The summed E-state index contributed by atoms with van der Waals surface area (Å²) in [4.78, 5) is 22.7. The molecule has 19 heavy (non-hydrogen) atoms. The molecule has 1 aliphatic rings. The van der Waals surface area contributed by atoms with Crippen LogP contribution in [-0.2, 0) is 4.74 Å². The smallest absolute Gasteiger partial charge is 0.409 e. The normalized spacial score (nSPS) is 14.7. The number of halogens is 1. The molecule has 1 amide bonds. The minimum absolute atomic E-state index is 0.108. The van der Waals surface area contributed by atoms with Gasteiger partial charge in [-0.25, -0.2) is 9.18 Å². The van der Waals surface area contributed by atoms with E-state index in [-0.39, 0.29) is 17.4 Å². The van der Waals surface area contributed by atoms with Crippen molar-refractivity contribution in [2.24, 2.45) is 0 Å². The van der Waals surface area contributed by atoms with Crippen LogP contribution in [0.3, 0.4) is 0 Å². The number of ether oxygens (including phenoxy) is 1. The first-order chi connectivity index (χ1) is 9.01. The van der Waals surface area contributed by atoms with E-state index in [2.05, 4.69) is 10.1 Å². The van der Waals surface area contributed by atoms with Crippen molar-refractivity contribution >= 4 is 17.5 Å². The lowest BCUT2D eigenvalue weighted by molar-refractivity contribution is -0.384. The lowest BCUT2D eigenvalue weighted by Crippen LogP contribution is -2.57. The Hall–Kier alpha value is -2.38. The van der Waals surface area contributed by atoms with E-state index in [0.717, 1.165) is 12.1 Å². The molecular formula is C11H12FN3O4. The first-order valence-corrected chi connectivity index (χ1v) is 5.54. The van der Waals surface area contributed by atoms with Gasteiger partial charge in [-0.3, -0.25) is 10.1 Å². The molecule has 0 unspecified atom stereocenters. The van der Waals surface area contributed by atoms with Crippen molar-refractivity contribution in [3.8, 4) is 0 Å². The van der Waals surface area contributed by atoms with Gasteiger partial charge >= 0.3 is 6.09 Å². The number of anilines is 1. The van der Waals surface area contributed by atoms with Gasteiger partial charge in [-0.1, -0.05) is 0 Å². The number of methoxy groups -OCH3 is 1. The number of benzene rings is 1. The largest absolute Gasteiger partial charge is 0.453 e. The van der Waals surface area contributed by atoms with Crippen LogP contribution in [-0.4, -0.2) is 42.2 Å². The second-order valence-electron chi connectivity index (χ2n) is 4.13. The Balaban J connectivity index is 2.02. The molecule has 0 spiro atoms. The number of likely N-dealkylation sites (tertiary alicyclic amines) is 1. The number of rotatable bonds is 3. The fourth-order valence-corrected chi connectivity index (χ4v) is 1.85. The highest BCUT2D eigenvalue weighted by atomic mass is 19.1. The van der Waals surface area contributed by atoms with Crippen LogP contribution in [0.5, 0.6) is 0 Å². The third-order valence-electron chi connectivity index (χ3n) is 2.83. The van der Waals surface area contributed by atoms with Crippen LogP contribution in [0.25, 0.3) is 0 Å². The lowest BCUT2D eigenvalue weighted by atomic mass is 10.1. The highest BCUT2D eigenvalue weighted by Crippen LogP contribution is 2.27. The SMILES string of the molecule is COC(=O)N1CC(Nc2ccc(F)cc2[N+](=O)[O-])C1. The number of hydrogen-bond acceptors (Lipinski definition) is 5. The number of carbonyl (C=O) groups is 1. The number of amides is 1. The third kappa shape index (κ3) is 2.72. The summed E-state index contributed by atoms with van der Waals surface area (Å²) in [5.41, 5.74) is -0.0857. The van der Waals surface area contributed by atoms with Gasteiger partial charge in [-0.05, 0) is 12.1 Å². The highest BCUT2D eigenvalue weighted by molar-refractivity contribution is 5.69. The van der Waals surface area contributed by atoms with E-state index in [1.807, 2.05) is 0 Å². The summed E-state index contributed by atoms with van der Waals surface area (Å²) in [6, 6.07) is 3.21. The molecule has 7 nitrogen and oxygen atoms in total. The fraction of sp³-hybridized carbons (Fsp3) is 0.364. The zero-order valence-corrected chi connectivity index (χ0v) is 10.1. The van der Waals surface area contributed by atoms with E-state index < -0.39 is 16.8 Å². The second-order valence-corrected chi connectivity index (χ2v) is 4.13. The van der Waals surface area contributed by atoms with Crippen LogP contribution in [0.15, 0.2) is 18.2 Å². The van der Waals surface area contributed by atoms with Gasteiger partial charge in [0.05, 0.1) is 24.1 Å². The highest BCUT2D eigenvalue weighted by Gasteiger charge is 2.32. The summed E-state index contributed by atoms with van der Waals surface area (Å²) in [6.07, 6.45) is -0.438. The monoisotopic (exact) mass is 269 g/mol. The third-order valence-corrected chi connectivity index (χ3v) is 2.83. The molecule has 102 valence electrons. The molecule has 1 N–H and O–H groups in total. The average Bonchev–Trinajstić information content (AvgIpc) is 2.33. The Labute approximate surface area is 108 Å². The quantitative estimate of drug-likeness (QED) is 0.665. The number of nitro benzene ring substituents is 1. The number of nitrogens with one attached hydrogen (secondary N) is 1. The summed E-state index contributed by atoms with van der Waals surface area (Å²) in [5.74, 6) is -0.665. The van der Waals surface area contributed by atoms with Crippen molar-refractivity contribution in [2.75, 3.05) is 25.5 Å². The van der Waals surface area contributed by atoms with Crippen LogP contribution >= 0.6 is 0 Å². The maximum Gasteiger partial charge on any atom is 0.409 e. The zero-order valence-electron chi connectivity index (χ0n) is 10.1. The van der Waals surface area contributed by atoms with Crippen molar-refractivity contribution in [1.82, 2.24) is 4.90 Å². The summed E-state index contributed by atoms with van der Waals surface area (Å²) >= 11 is 0. The zero-order chi connectivity index (χ0) is 14.0. The van der Waals surface area contributed by atoms with Gasteiger partial charge in [0.2, 0.25) is 0 Å². The predicted molar refractivity (Wildman–Crippen MR) is 64.4 cm³/mol. The Bertz CT molecular complexity index is 517. The van der Waals surface area contributed by atoms with E-state index in [9.17, 15) is 19.3 Å². The Morgan fingerprint density at radius 3 is 2.84 bits per heavy atom. The Morgan fingerprint density at radius 1 is 1.58 bits per heavy atom. The second kappa shape index (κ2) is 5.09. The standard InChI is InChI=1S/C11H12FN3O4/c1-19-11(16)14-5-8(6-14)13-9-3-2-7(12)4-10(9)15(17)18/h2-4,8,13H,5-6H2,1H3. The lowest BCUT2D eigenvalue weighted by Gasteiger charge is -2.38. The van der Waals surface area contributed by atoms with Gasteiger partial charge in [0.1, 0.15) is 11.5 Å². The van der Waals surface area contributed by atoms with Crippen LogP contribution in [0.4, 0.5) is 20.6 Å². The van der Waals surface area contributed by atoms with Gasteiger partial charge < -0.3 is 15.0 Å². The first kappa shape index (κ1) is 13.1. The topological polar surface area (TPSA) is 84.7 Å². The summed E-state index contributed by atoms with van der Waals surface area (Å²) in [6.45, 7) is 0.780. The molecular weight excluding hydrogens is 257 g/mol. The number of nitro groups is 1. The van der Waals surface area contributed by atoms with Crippen LogP contribution in [0.1, 0.15) is 0 Å². The maximum absolute atomic E-state index is 13.0. The van der Waals surface area contributed by atoms with Crippen molar-refractivity contribution in [2.45, 2.75) is 6.04 Å². The molecule has 1 fully saturated rings. The average molecular weight is 269 g/mol. The van der Waals surface area contributed by atoms with Gasteiger partial charge in [-0.2, -0.15) is 0 Å². The summed E-state index contributed by atoms with van der Waals surface area (Å²) in [7, 11) is 1.29. The fourth-order valence-electron chi connectivity index (χ4n) is 1.85. The molecule has 1 aliphatic heterocycles. The van der Waals surface area contributed by atoms with Crippen molar-refractivity contribution in [1.29, 1.82) is 0 Å². The van der Waals surface area contributed by atoms with Crippen molar-refractivity contribution in [3.63, 3.8) is 0 Å². The van der Waals surface area contributed by atoms with E-state index in [1.54, 1.807) is 0 Å². The Morgan fingerprint density at radius 2 is 2.26 bits per heavy atom. The molecule has 1 saturated heterocycles. The summed E-state index contributed by atoms with van der Waals surface area (Å²) in [5, 5.41) is 13.7. The molecule has 0 bridgehead atoms. The van der Waals surface area contributed by atoms with E-state index in [4.69, 9.17) is 0 Å². The van der Waals surface area contributed by atoms with E-state index >= 15 is 0 Å².